The first-order valence-corrected chi connectivity index (χ1v) is 7.97. The zero-order valence-corrected chi connectivity index (χ0v) is 18.0. The Hall–Kier alpha value is -0.0800. The average molecular weight is 428 g/mol. The second-order valence-electron chi connectivity index (χ2n) is 6.38. The number of methoxy groups -OCH3 is 1. The molecular formula is C16H37IN4O. The maximum absolute atomic E-state index is 5.42. The lowest BCUT2D eigenvalue weighted by Crippen LogP contribution is -2.50. The molecule has 0 spiro atoms. The number of hydrogen-bond acceptors (Lipinski definition) is 3. The van der Waals surface area contributed by atoms with Gasteiger partial charge in [0.15, 0.2) is 5.96 Å². The molecule has 0 aliphatic rings. The van der Waals surface area contributed by atoms with Crippen LogP contribution in [0.15, 0.2) is 4.99 Å². The number of halogens is 1. The van der Waals surface area contributed by atoms with E-state index in [1.807, 2.05) is 0 Å². The number of aliphatic imine (C=N–C) groups is 1. The van der Waals surface area contributed by atoms with E-state index in [4.69, 9.17) is 4.74 Å². The number of guanidine groups is 1. The van der Waals surface area contributed by atoms with Crippen LogP contribution in [0.25, 0.3) is 0 Å². The molecule has 0 aromatic carbocycles. The normalized spacial score (nSPS) is 14.0. The van der Waals surface area contributed by atoms with Crippen LogP contribution in [0.1, 0.15) is 40.5 Å². The number of likely N-dealkylation sites (N-methyl/N-ethyl adjacent to an activating group) is 1. The molecule has 134 valence electrons. The highest BCUT2D eigenvalue weighted by atomic mass is 127. The lowest BCUT2D eigenvalue weighted by molar-refractivity contribution is 0.0268. The summed E-state index contributed by atoms with van der Waals surface area (Å²) in [6, 6.07) is 0.508. The van der Waals surface area contributed by atoms with E-state index in [1.54, 1.807) is 14.2 Å². The molecule has 2 N–H and O–H groups in total. The number of hydrogen-bond donors (Lipinski definition) is 2. The van der Waals surface area contributed by atoms with E-state index in [0.29, 0.717) is 12.0 Å². The highest BCUT2D eigenvalue weighted by molar-refractivity contribution is 14.0. The van der Waals surface area contributed by atoms with Crippen LogP contribution >= 0.6 is 24.0 Å². The van der Waals surface area contributed by atoms with Gasteiger partial charge in [-0.1, -0.05) is 26.7 Å². The molecule has 0 bridgehead atoms. The van der Waals surface area contributed by atoms with Crippen molar-refractivity contribution < 1.29 is 4.74 Å². The number of nitrogens with one attached hydrogen (secondary N) is 2. The van der Waals surface area contributed by atoms with Gasteiger partial charge in [-0.3, -0.25) is 4.99 Å². The van der Waals surface area contributed by atoms with E-state index >= 15 is 0 Å². The fraction of sp³-hybridized carbons (Fsp3) is 0.938. The number of nitrogens with zero attached hydrogens (tertiary/aromatic N) is 2. The summed E-state index contributed by atoms with van der Waals surface area (Å²) in [7, 11) is 7.83. The zero-order valence-electron chi connectivity index (χ0n) is 15.7. The maximum atomic E-state index is 5.42. The Balaban J connectivity index is 0. The molecule has 0 aromatic heterocycles. The van der Waals surface area contributed by atoms with E-state index in [-0.39, 0.29) is 29.6 Å². The Labute approximate surface area is 154 Å². The third-order valence-corrected chi connectivity index (χ3v) is 4.19. The fourth-order valence-electron chi connectivity index (χ4n) is 2.39. The Morgan fingerprint density at radius 3 is 2.09 bits per heavy atom. The first-order chi connectivity index (χ1) is 9.81. The van der Waals surface area contributed by atoms with Crippen molar-refractivity contribution in [3.05, 3.63) is 0 Å². The molecule has 6 heteroatoms. The van der Waals surface area contributed by atoms with E-state index in [9.17, 15) is 0 Å². The third-order valence-electron chi connectivity index (χ3n) is 4.19. The standard InChI is InChI=1S/C16H36N4O.HI/c1-9-13(10-2)14(20(6)7)11-18-15(17-5)19-12-16(3,4)21-8;/h13-14H,9-12H2,1-8H3,(H2,17,18,19);1H. The summed E-state index contributed by atoms with van der Waals surface area (Å²) in [5.41, 5.74) is -0.200. The van der Waals surface area contributed by atoms with Gasteiger partial charge in [-0.05, 0) is 33.9 Å². The Morgan fingerprint density at radius 2 is 1.73 bits per heavy atom. The zero-order chi connectivity index (χ0) is 16.5. The highest BCUT2D eigenvalue weighted by Gasteiger charge is 2.21. The smallest absolute Gasteiger partial charge is 0.191 e. The van der Waals surface area contributed by atoms with Gasteiger partial charge < -0.3 is 20.3 Å². The van der Waals surface area contributed by atoms with Crippen molar-refractivity contribution in [3.63, 3.8) is 0 Å². The molecule has 0 aromatic rings. The predicted molar refractivity (Wildman–Crippen MR) is 107 cm³/mol. The molecule has 0 aliphatic heterocycles. The van der Waals surface area contributed by atoms with Crippen LogP contribution in [-0.2, 0) is 4.74 Å². The lowest BCUT2D eigenvalue weighted by atomic mass is 9.93. The first kappa shape index (κ1) is 24.2. The number of rotatable bonds is 9. The van der Waals surface area contributed by atoms with Crippen molar-refractivity contribution in [3.8, 4) is 0 Å². The summed E-state index contributed by atoms with van der Waals surface area (Å²) in [4.78, 5) is 6.59. The van der Waals surface area contributed by atoms with Crippen molar-refractivity contribution >= 4 is 29.9 Å². The molecule has 0 heterocycles. The van der Waals surface area contributed by atoms with Gasteiger partial charge in [0, 0.05) is 33.3 Å². The van der Waals surface area contributed by atoms with Gasteiger partial charge in [0.2, 0.25) is 0 Å². The summed E-state index contributed by atoms with van der Waals surface area (Å²) < 4.78 is 5.42. The Morgan fingerprint density at radius 1 is 1.18 bits per heavy atom. The molecule has 0 rings (SSSR count). The van der Waals surface area contributed by atoms with Crippen molar-refractivity contribution in [1.29, 1.82) is 0 Å². The molecule has 5 nitrogen and oxygen atoms in total. The molecule has 1 atom stereocenters. The molecule has 22 heavy (non-hydrogen) atoms. The van der Waals surface area contributed by atoms with Gasteiger partial charge in [0.25, 0.3) is 0 Å². The van der Waals surface area contributed by atoms with Gasteiger partial charge >= 0.3 is 0 Å². The van der Waals surface area contributed by atoms with Gasteiger partial charge in [0.1, 0.15) is 0 Å². The van der Waals surface area contributed by atoms with Gasteiger partial charge in [-0.2, -0.15) is 0 Å². The maximum Gasteiger partial charge on any atom is 0.191 e. The molecule has 0 amide bonds. The fourth-order valence-corrected chi connectivity index (χ4v) is 2.39. The van der Waals surface area contributed by atoms with Crippen LogP contribution in [-0.4, -0.2) is 63.8 Å². The van der Waals surface area contributed by atoms with E-state index in [1.165, 1.54) is 12.8 Å². The topological polar surface area (TPSA) is 48.9 Å². The number of ether oxygens (including phenoxy) is 1. The lowest BCUT2D eigenvalue weighted by Gasteiger charge is -2.32. The molecule has 0 radical (unpaired) electrons. The summed E-state index contributed by atoms with van der Waals surface area (Å²) in [5.74, 6) is 1.53. The molecule has 1 unspecified atom stereocenters. The van der Waals surface area contributed by atoms with Crippen molar-refractivity contribution in [1.82, 2.24) is 15.5 Å². The summed E-state index contributed by atoms with van der Waals surface area (Å²) in [6.45, 7) is 10.3. The van der Waals surface area contributed by atoms with Crippen LogP contribution in [0, 0.1) is 5.92 Å². The van der Waals surface area contributed by atoms with Crippen LogP contribution in [0.2, 0.25) is 0 Å². The van der Waals surface area contributed by atoms with Gasteiger partial charge in [-0.15, -0.1) is 24.0 Å². The van der Waals surface area contributed by atoms with Crippen LogP contribution in [0.4, 0.5) is 0 Å². The van der Waals surface area contributed by atoms with E-state index < -0.39 is 0 Å². The van der Waals surface area contributed by atoms with Crippen molar-refractivity contribution in [2.45, 2.75) is 52.2 Å². The SMILES string of the molecule is CCC(CC)C(CNC(=NC)NCC(C)(C)OC)N(C)C.I. The Bertz CT molecular complexity index is 305. The van der Waals surface area contributed by atoms with E-state index in [0.717, 1.165) is 19.0 Å². The summed E-state index contributed by atoms with van der Waals surface area (Å²) in [5, 5.41) is 6.76. The minimum atomic E-state index is -0.200. The molecule has 0 saturated carbocycles. The van der Waals surface area contributed by atoms with Gasteiger partial charge in [0.05, 0.1) is 5.60 Å². The second kappa shape index (κ2) is 12.4. The highest BCUT2D eigenvalue weighted by Crippen LogP contribution is 2.16. The molecule has 0 fully saturated rings. The summed E-state index contributed by atoms with van der Waals surface area (Å²) in [6.07, 6.45) is 2.40. The summed E-state index contributed by atoms with van der Waals surface area (Å²) >= 11 is 0. The minimum Gasteiger partial charge on any atom is -0.377 e. The second-order valence-corrected chi connectivity index (χ2v) is 6.38. The Kier molecular flexibility index (Phi) is 13.6. The third kappa shape index (κ3) is 9.15. The monoisotopic (exact) mass is 428 g/mol. The minimum absolute atomic E-state index is 0. The predicted octanol–water partition coefficient (Wildman–Crippen LogP) is 2.56. The van der Waals surface area contributed by atoms with Gasteiger partial charge in [-0.25, -0.2) is 0 Å². The largest absolute Gasteiger partial charge is 0.377 e. The van der Waals surface area contributed by atoms with Crippen LogP contribution in [0.3, 0.4) is 0 Å². The first-order valence-electron chi connectivity index (χ1n) is 7.97. The van der Waals surface area contributed by atoms with Crippen LogP contribution < -0.4 is 10.6 Å². The molecule has 0 saturated heterocycles. The van der Waals surface area contributed by atoms with Crippen LogP contribution in [0.5, 0.6) is 0 Å². The average Bonchev–Trinajstić information content (AvgIpc) is 2.45. The molecule has 0 aliphatic carbocycles. The van der Waals surface area contributed by atoms with Crippen molar-refractivity contribution in [2.24, 2.45) is 10.9 Å². The quantitative estimate of drug-likeness (QED) is 0.337. The molecular weight excluding hydrogens is 391 g/mol. The van der Waals surface area contributed by atoms with Crippen molar-refractivity contribution in [2.75, 3.05) is 41.3 Å². The van der Waals surface area contributed by atoms with E-state index in [2.05, 4.69) is 62.3 Å².